The molecule has 0 saturated heterocycles. The molecule has 1 aromatic carbocycles. The first kappa shape index (κ1) is 13.1. The molecule has 15 heavy (non-hydrogen) atoms. The summed E-state index contributed by atoms with van der Waals surface area (Å²) in [5.41, 5.74) is 2.93. The molecule has 0 N–H and O–H groups in total. The van der Waals surface area contributed by atoms with Gasteiger partial charge in [0, 0.05) is 5.33 Å². The third-order valence-corrected chi connectivity index (χ3v) is 4.28. The summed E-state index contributed by atoms with van der Waals surface area (Å²) >= 11 is 5.56. The molecule has 0 heterocycles. The molecule has 1 atom stereocenters. The highest BCUT2D eigenvalue weighted by Gasteiger charge is 2.09. The Bertz CT molecular complexity index is 286. The fourth-order valence-electron chi connectivity index (χ4n) is 1.67. The van der Waals surface area contributed by atoms with Crippen LogP contribution in [-0.4, -0.2) is 17.3 Å². The first-order valence-electron chi connectivity index (χ1n) is 5.37. The van der Waals surface area contributed by atoms with Crippen LogP contribution in [-0.2, 0) is 6.42 Å². The van der Waals surface area contributed by atoms with E-state index in [4.69, 9.17) is 0 Å². The number of hydrogen-bond donors (Lipinski definition) is 0. The fourth-order valence-corrected chi connectivity index (χ4v) is 2.79. The minimum Gasteiger partial charge on any atom is -0.165 e. The van der Waals surface area contributed by atoms with Gasteiger partial charge >= 0.3 is 0 Å². The maximum absolute atomic E-state index is 3.62. The zero-order chi connectivity index (χ0) is 11.1. The third-order valence-electron chi connectivity index (χ3n) is 2.72. The van der Waals surface area contributed by atoms with Crippen LogP contribution in [0.1, 0.15) is 17.5 Å². The lowest BCUT2D eigenvalue weighted by atomic mass is 9.96. The van der Waals surface area contributed by atoms with E-state index in [0.717, 1.165) is 11.2 Å². The summed E-state index contributed by atoms with van der Waals surface area (Å²) in [5, 5.41) is 1.11. The van der Waals surface area contributed by atoms with Gasteiger partial charge < -0.3 is 0 Å². The first-order valence-corrected chi connectivity index (χ1v) is 7.89. The Morgan fingerprint density at radius 1 is 1.33 bits per heavy atom. The Hall–Kier alpha value is 0.0500. The van der Waals surface area contributed by atoms with Gasteiger partial charge in [-0.2, -0.15) is 11.8 Å². The van der Waals surface area contributed by atoms with Gasteiger partial charge in [-0.15, -0.1) is 0 Å². The van der Waals surface area contributed by atoms with Crippen molar-refractivity contribution < 1.29 is 0 Å². The van der Waals surface area contributed by atoms with Gasteiger partial charge in [-0.3, -0.25) is 0 Å². The Kier molecular flexibility index (Phi) is 6.42. The number of hydrogen-bond acceptors (Lipinski definition) is 1. The van der Waals surface area contributed by atoms with E-state index in [0.29, 0.717) is 0 Å². The lowest BCUT2D eigenvalue weighted by molar-refractivity contribution is 0.577. The van der Waals surface area contributed by atoms with E-state index >= 15 is 0 Å². The fraction of sp³-hybridized carbons (Fsp3) is 0.538. The molecule has 1 rings (SSSR count). The molecule has 0 amide bonds. The molecular weight excluding hydrogens is 268 g/mol. The highest BCUT2D eigenvalue weighted by atomic mass is 79.9. The molecule has 0 fully saturated rings. The average molecular weight is 287 g/mol. The van der Waals surface area contributed by atoms with Crippen LogP contribution >= 0.6 is 27.7 Å². The van der Waals surface area contributed by atoms with Crippen LogP contribution < -0.4 is 0 Å². The molecule has 0 bridgehead atoms. The average Bonchev–Trinajstić information content (AvgIpc) is 2.26. The van der Waals surface area contributed by atoms with Crippen molar-refractivity contribution in [2.24, 2.45) is 5.92 Å². The molecule has 0 saturated carbocycles. The summed E-state index contributed by atoms with van der Waals surface area (Å²) in [6, 6.07) is 8.71. The van der Waals surface area contributed by atoms with Crippen molar-refractivity contribution >= 4 is 27.7 Å². The molecule has 84 valence electrons. The highest BCUT2D eigenvalue weighted by molar-refractivity contribution is 9.09. The van der Waals surface area contributed by atoms with E-state index in [1.807, 2.05) is 11.8 Å². The lowest BCUT2D eigenvalue weighted by Gasteiger charge is -2.14. The molecule has 2 heteroatoms. The van der Waals surface area contributed by atoms with Crippen molar-refractivity contribution in [2.45, 2.75) is 19.8 Å². The van der Waals surface area contributed by atoms with Gasteiger partial charge in [-0.25, -0.2) is 0 Å². The minimum atomic E-state index is 0.776. The summed E-state index contributed by atoms with van der Waals surface area (Å²) in [5.74, 6) is 2.04. The second kappa shape index (κ2) is 7.34. The molecule has 0 aliphatic rings. The molecule has 0 aliphatic heterocycles. The minimum absolute atomic E-state index is 0.776. The van der Waals surface area contributed by atoms with Gasteiger partial charge in [0.25, 0.3) is 0 Å². The van der Waals surface area contributed by atoms with E-state index in [1.165, 1.54) is 29.7 Å². The number of halogens is 1. The van der Waals surface area contributed by atoms with E-state index in [2.05, 4.69) is 53.4 Å². The largest absolute Gasteiger partial charge is 0.165 e. The van der Waals surface area contributed by atoms with Gasteiger partial charge in [-0.1, -0.05) is 40.2 Å². The topological polar surface area (TPSA) is 0 Å². The van der Waals surface area contributed by atoms with Gasteiger partial charge in [0.2, 0.25) is 0 Å². The van der Waals surface area contributed by atoms with E-state index in [1.54, 1.807) is 0 Å². The van der Waals surface area contributed by atoms with Crippen LogP contribution in [0.2, 0.25) is 0 Å². The lowest BCUT2D eigenvalue weighted by Crippen LogP contribution is -2.08. The second-order valence-corrected chi connectivity index (χ2v) is 5.57. The van der Waals surface area contributed by atoms with E-state index in [-0.39, 0.29) is 0 Å². The van der Waals surface area contributed by atoms with Crippen LogP contribution in [0.5, 0.6) is 0 Å². The van der Waals surface area contributed by atoms with Crippen molar-refractivity contribution in [1.82, 2.24) is 0 Å². The quantitative estimate of drug-likeness (QED) is 0.703. The third kappa shape index (κ3) is 4.60. The standard InChI is InChI=1S/C13H19BrS/c1-11-5-3-4-6-13(11)9-12(10-14)7-8-15-2/h3-6,12H,7-10H2,1-2H3. The summed E-state index contributed by atoms with van der Waals surface area (Å²) in [4.78, 5) is 0. The maximum Gasteiger partial charge on any atom is 0.00631 e. The van der Waals surface area contributed by atoms with Gasteiger partial charge in [0.05, 0.1) is 0 Å². The maximum atomic E-state index is 3.62. The number of thioether (sulfide) groups is 1. The Labute approximate surface area is 106 Å². The SMILES string of the molecule is CSCCC(CBr)Cc1ccccc1C. The van der Waals surface area contributed by atoms with Crippen molar-refractivity contribution in [3.05, 3.63) is 35.4 Å². The van der Waals surface area contributed by atoms with Gasteiger partial charge in [-0.05, 0) is 48.8 Å². The van der Waals surface area contributed by atoms with Crippen molar-refractivity contribution in [3.63, 3.8) is 0 Å². The molecule has 0 aromatic heterocycles. The first-order chi connectivity index (χ1) is 7.27. The summed E-state index contributed by atoms with van der Waals surface area (Å²) in [6.07, 6.45) is 4.69. The Morgan fingerprint density at radius 2 is 2.07 bits per heavy atom. The number of alkyl halides is 1. The predicted octanol–water partition coefficient (Wildman–Crippen LogP) is 4.30. The molecule has 1 unspecified atom stereocenters. The van der Waals surface area contributed by atoms with Gasteiger partial charge in [0.15, 0.2) is 0 Å². The normalized spacial score (nSPS) is 12.7. The molecule has 1 aromatic rings. The van der Waals surface area contributed by atoms with Crippen LogP contribution in [0.25, 0.3) is 0 Å². The van der Waals surface area contributed by atoms with Crippen LogP contribution in [0.3, 0.4) is 0 Å². The monoisotopic (exact) mass is 286 g/mol. The molecular formula is C13H19BrS. The zero-order valence-corrected chi connectivity index (χ0v) is 11.9. The molecule has 0 spiro atoms. The summed E-state index contributed by atoms with van der Waals surface area (Å²) in [7, 11) is 0. The Balaban J connectivity index is 2.54. The van der Waals surface area contributed by atoms with Crippen molar-refractivity contribution in [2.75, 3.05) is 17.3 Å². The van der Waals surface area contributed by atoms with Crippen LogP contribution in [0.4, 0.5) is 0 Å². The van der Waals surface area contributed by atoms with E-state index < -0.39 is 0 Å². The van der Waals surface area contributed by atoms with Gasteiger partial charge in [0.1, 0.15) is 0 Å². The Morgan fingerprint density at radius 3 is 2.67 bits per heavy atom. The number of benzene rings is 1. The smallest absolute Gasteiger partial charge is 0.00631 e. The van der Waals surface area contributed by atoms with Crippen LogP contribution in [0, 0.1) is 12.8 Å². The van der Waals surface area contributed by atoms with Crippen molar-refractivity contribution in [3.8, 4) is 0 Å². The molecule has 0 aliphatic carbocycles. The molecule has 0 nitrogen and oxygen atoms in total. The zero-order valence-electron chi connectivity index (χ0n) is 9.50. The van der Waals surface area contributed by atoms with Crippen LogP contribution in [0.15, 0.2) is 24.3 Å². The predicted molar refractivity (Wildman–Crippen MR) is 75.2 cm³/mol. The van der Waals surface area contributed by atoms with E-state index in [9.17, 15) is 0 Å². The summed E-state index contributed by atoms with van der Waals surface area (Å²) < 4.78 is 0. The molecule has 0 radical (unpaired) electrons. The number of rotatable bonds is 6. The number of aryl methyl sites for hydroxylation is 1. The second-order valence-electron chi connectivity index (χ2n) is 3.93. The summed E-state index contributed by atoms with van der Waals surface area (Å²) in [6.45, 7) is 2.20. The highest BCUT2D eigenvalue weighted by Crippen LogP contribution is 2.19. The van der Waals surface area contributed by atoms with Crippen molar-refractivity contribution in [1.29, 1.82) is 0 Å².